The number of carbonyl (C=O) groups is 1. The first kappa shape index (κ1) is 22.4. The predicted molar refractivity (Wildman–Crippen MR) is 133 cm³/mol. The Morgan fingerprint density at radius 3 is 2.75 bits per heavy atom. The summed E-state index contributed by atoms with van der Waals surface area (Å²) in [6.45, 7) is 5.17. The van der Waals surface area contributed by atoms with Gasteiger partial charge in [0, 0.05) is 49.1 Å². The van der Waals surface area contributed by atoms with Crippen LogP contribution in [0.5, 0.6) is 0 Å². The van der Waals surface area contributed by atoms with Gasteiger partial charge in [-0.25, -0.2) is 9.97 Å². The Bertz CT molecular complexity index is 1210. The molecule has 0 bridgehead atoms. The summed E-state index contributed by atoms with van der Waals surface area (Å²) in [5.41, 5.74) is 6.79. The fourth-order valence-corrected chi connectivity index (χ4v) is 4.41. The highest BCUT2D eigenvalue weighted by Gasteiger charge is 2.13. The van der Waals surface area contributed by atoms with E-state index in [1.165, 1.54) is 16.9 Å². The summed E-state index contributed by atoms with van der Waals surface area (Å²) >= 11 is 1.40. The molecule has 164 valence electrons. The molecule has 8 heteroatoms. The second-order valence-corrected chi connectivity index (χ2v) is 8.35. The molecule has 2 aromatic heterocycles. The zero-order valence-electron chi connectivity index (χ0n) is 17.5. The van der Waals surface area contributed by atoms with E-state index in [1.807, 2.05) is 24.3 Å². The number of hydrogen-bond acceptors (Lipinski definition) is 6. The molecule has 0 atom stereocenters. The van der Waals surface area contributed by atoms with Gasteiger partial charge in [0.15, 0.2) is 0 Å². The topological polar surface area (TPSA) is 70.2 Å². The molecule has 5 rings (SSSR count). The van der Waals surface area contributed by atoms with Crippen LogP contribution in [0.15, 0.2) is 65.5 Å². The van der Waals surface area contributed by atoms with Gasteiger partial charge in [0.2, 0.25) is 0 Å². The SMILES string of the molecule is Cl.O=C(Nc1cccc2ccc(-c3cccc(CN4CCNCC4)c3)nc12)c1cscn1. The molecular weight excluding hydrogens is 442 g/mol. The number of thiazole rings is 1. The molecule has 32 heavy (non-hydrogen) atoms. The Morgan fingerprint density at radius 2 is 1.94 bits per heavy atom. The van der Waals surface area contributed by atoms with Crippen LogP contribution >= 0.6 is 23.7 Å². The standard InChI is InChI=1S/C24H23N5OS.ClH/c30-24(22-15-31-16-26-22)28-21-6-2-4-18-7-8-20(27-23(18)21)19-5-1-3-17(13-19)14-29-11-9-25-10-12-29;/h1-8,13,15-16,25H,9-12,14H2,(H,28,30);1H. The van der Waals surface area contributed by atoms with Crippen LogP contribution in [0, 0.1) is 0 Å². The van der Waals surface area contributed by atoms with Gasteiger partial charge in [0.05, 0.1) is 22.4 Å². The number of piperazine rings is 1. The molecule has 0 saturated carbocycles. The van der Waals surface area contributed by atoms with Crippen molar-refractivity contribution in [3.8, 4) is 11.3 Å². The lowest BCUT2D eigenvalue weighted by atomic mass is 10.1. The number of fused-ring (bicyclic) bond motifs is 1. The van der Waals surface area contributed by atoms with Crippen LogP contribution in [0.25, 0.3) is 22.2 Å². The molecule has 4 aromatic rings. The van der Waals surface area contributed by atoms with Crippen LogP contribution in [0.4, 0.5) is 5.69 Å². The van der Waals surface area contributed by atoms with Gasteiger partial charge in [0.1, 0.15) is 5.69 Å². The van der Waals surface area contributed by atoms with Crippen LogP contribution in [0.1, 0.15) is 16.1 Å². The van der Waals surface area contributed by atoms with E-state index in [-0.39, 0.29) is 18.3 Å². The van der Waals surface area contributed by atoms with E-state index in [2.05, 4.69) is 50.8 Å². The number of benzene rings is 2. The lowest BCUT2D eigenvalue weighted by Crippen LogP contribution is -2.42. The number of rotatable bonds is 5. The summed E-state index contributed by atoms with van der Waals surface area (Å²) in [4.78, 5) is 24.0. The molecule has 3 heterocycles. The fraction of sp³-hybridized carbons (Fsp3) is 0.208. The maximum absolute atomic E-state index is 12.5. The summed E-state index contributed by atoms with van der Waals surface area (Å²) in [6.07, 6.45) is 0. The quantitative estimate of drug-likeness (QED) is 0.456. The Labute approximate surface area is 197 Å². The van der Waals surface area contributed by atoms with E-state index >= 15 is 0 Å². The van der Waals surface area contributed by atoms with Crippen molar-refractivity contribution in [3.63, 3.8) is 0 Å². The van der Waals surface area contributed by atoms with Crippen LogP contribution in [-0.2, 0) is 6.54 Å². The minimum absolute atomic E-state index is 0. The summed E-state index contributed by atoms with van der Waals surface area (Å²) in [5.74, 6) is -0.223. The monoisotopic (exact) mass is 465 g/mol. The molecule has 0 radical (unpaired) electrons. The number of halogens is 1. The van der Waals surface area contributed by atoms with Gasteiger partial charge < -0.3 is 10.6 Å². The minimum Gasteiger partial charge on any atom is -0.319 e. The van der Waals surface area contributed by atoms with Crippen molar-refractivity contribution in [2.24, 2.45) is 0 Å². The Kier molecular flexibility index (Phi) is 7.12. The number of aromatic nitrogens is 2. The predicted octanol–water partition coefficient (Wildman–Crippen LogP) is 4.44. The van der Waals surface area contributed by atoms with Crippen molar-refractivity contribution < 1.29 is 4.79 Å². The number of anilines is 1. The van der Waals surface area contributed by atoms with Crippen LogP contribution in [0.2, 0.25) is 0 Å². The second kappa shape index (κ2) is 10.2. The highest BCUT2D eigenvalue weighted by Crippen LogP contribution is 2.27. The highest BCUT2D eigenvalue weighted by molar-refractivity contribution is 7.07. The average Bonchev–Trinajstić information content (AvgIpc) is 3.35. The zero-order chi connectivity index (χ0) is 21.0. The molecule has 1 saturated heterocycles. The van der Waals surface area contributed by atoms with Gasteiger partial charge in [-0.15, -0.1) is 23.7 Å². The van der Waals surface area contributed by atoms with E-state index in [4.69, 9.17) is 4.98 Å². The number of hydrogen-bond donors (Lipinski definition) is 2. The van der Waals surface area contributed by atoms with Gasteiger partial charge in [0.25, 0.3) is 5.91 Å². The number of amides is 1. The number of nitrogens with one attached hydrogen (secondary N) is 2. The third-order valence-corrected chi connectivity index (χ3v) is 6.06. The van der Waals surface area contributed by atoms with Crippen LogP contribution in [0.3, 0.4) is 0 Å². The molecule has 6 nitrogen and oxygen atoms in total. The summed E-state index contributed by atoms with van der Waals surface area (Å²) in [6, 6.07) is 18.5. The van der Waals surface area contributed by atoms with Gasteiger partial charge >= 0.3 is 0 Å². The smallest absolute Gasteiger partial charge is 0.275 e. The summed E-state index contributed by atoms with van der Waals surface area (Å²) in [5, 5.41) is 9.08. The van der Waals surface area contributed by atoms with E-state index < -0.39 is 0 Å². The van der Waals surface area contributed by atoms with Gasteiger partial charge in [-0.3, -0.25) is 9.69 Å². The Morgan fingerprint density at radius 1 is 1.09 bits per heavy atom. The van der Waals surface area contributed by atoms with Crippen molar-refractivity contribution in [1.29, 1.82) is 0 Å². The maximum Gasteiger partial charge on any atom is 0.275 e. The van der Waals surface area contributed by atoms with E-state index in [1.54, 1.807) is 10.9 Å². The number of pyridine rings is 1. The molecule has 1 aliphatic rings. The van der Waals surface area contributed by atoms with Gasteiger partial charge in [-0.1, -0.05) is 36.4 Å². The number of carbonyl (C=O) groups excluding carboxylic acids is 1. The Balaban J connectivity index is 0.00000245. The molecular formula is C24H24ClN5OS. The van der Waals surface area contributed by atoms with Crippen molar-refractivity contribution in [1.82, 2.24) is 20.2 Å². The Hall–Kier alpha value is -2.84. The van der Waals surface area contributed by atoms with Crippen LogP contribution in [-0.4, -0.2) is 47.0 Å². The van der Waals surface area contributed by atoms with Crippen molar-refractivity contribution in [2.45, 2.75) is 6.54 Å². The first-order valence-electron chi connectivity index (χ1n) is 10.4. The number of para-hydroxylation sites is 1. The average molecular weight is 466 g/mol. The van der Waals surface area contributed by atoms with E-state index in [0.29, 0.717) is 11.4 Å². The molecule has 0 spiro atoms. The first-order valence-corrected chi connectivity index (χ1v) is 11.3. The first-order chi connectivity index (χ1) is 15.3. The van der Waals surface area contributed by atoms with Crippen LogP contribution < -0.4 is 10.6 Å². The normalized spacial score (nSPS) is 14.1. The van der Waals surface area contributed by atoms with Gasteiger partial charge in [-0.2, -0.15) is 0 Å². The van der Waals surface area contributed by atoms with Crippen molar-refractivity contribution in [2.75, 3.05) is 31.5 Å². The third-order valence-electron chi connectivity index (χ3n) is 5.47. The highest BCUT2D eigenvalue weighted by atomic mass is 35.5. The molecule has 1 amide bonds. The van der Waals surface area contributed by atoms with Crippen molar-refractivity contribution >= 4 is 46.2 Å². The minimum atomic E-state index is -0.223. The summed E-state index contributed by atoms with van der Waals surface area (Å²) in [7, 11) is 0. The molecule has 0 unspecified atom stereocenters. The van der Waals surface area contributed by atoms with Crippen molar-refractivity contribution in [3.05, 3.63) is 76.7 Å². The molecule has 1 fully saturated rings. The van der Waals surface area contributed by atoms with Gasteiger partial charge in [-0.05, 0) is 23.8 Å². The molecule has 0 aliphatic carbocycles. The third kappa shape index (κ3) is 4.97. The summed E-state index contributed by atoms with van der Waals surface area (Å²) < 4.78 is 0. The molecule has 1 aliphatic heterocycles. The maximum atomic E-state index is 12.5. The second-order valence-electron chi connectivity index (χ2n) is 7.63. The van der Waals surface area contributed by atoms with E-state index in [9.17, 15) is 4.79 Å². The fourth-order valence-electron chi connectivity index (χ4n) is 3.88. The lowest BCUT2D eigenvalue weighted by Gasteiger charge is -2.27. The lowest BCUT2D eigenvalue weighted by molar-refractivity contribution is 0.102. The molecule has 2 N–H and O–H groups in total. The zero-order valence-corrected chi connectivity index (χ0v) is 19.1. The molecule has 2 aromatic carbocycles. The van der Waals surface area contributed by atoms with E-state index in [0.717, 1.165) is 54.9 Å². The number of nitrogens with zero attached hydrogens (tertiary/aromatic N) is 3. The largest absolute Gasteiger partial charge is 0.319 e.